The highest BCUT2D eigenvalue weighted by molar-refractivity contribution is 7.89. The van der Waals surface area contributed by atoms with Gasteiger partial charge in [-0.2, -0.15) is 4.31 Å². The first-order chi connectivity index (χ1) is 14.3. The van der Waals surface area contributed by atoms with Crippen LogP contribution in [0, 0.1) is 5.92 Å². The van der Waals surface area contributed by atoms with Gasteiger partial charge >= 0.3 is 5.97 Å². The van der Waals surface area contributed by atoms with Crippen LogP contribution in [-0.2, 0) is 24.3 Å². The summed E-state index contributed by atoms with van der Waals surface area (Å²) in [6.07, 6.45) is 6.06. The van der Waals surface area contributed by atoms with E-state index in [-0.39, 0.29) is 27.3 Å². The number of halogens is 1. The lowest BCUT2D eigenvalue weighted by Crippen LogP contribution is -2.38. The van der Waals surface area contributed by atoms with E-state index in [4.69, 9.17) is 16.3 Å². The first-order valence-electron chi connectivity index (χ1n) is 10.1. The Labute approximate surface area is 181 Å². The van der Waals surface area contributed by atoms with Gasteiger partial charge in [-0.15, -0.1) is 0 Å². The fraction of sp³-hybridized carbons (Fsp3) is 0.550. The second-order valence-corrected chi connectivity index (χ2v) is 9.92. The molecule has 0 unspecified atom stereocenters. The SMILES string of the molecule is O=C(COC(=O)c1cc(S(=O)(=O)N2CCCC2)ccc1Cl)NC(=O)C1CCCCC1. The maximum atomic E-state index is 12.7. The van der Waals surface area contributed by atoms with Crippen molar-refractivity contribution in [3.05, 3.63) is 28.8 Å². The van der Waals surface area contributed by atoms with Gasteiger partial charge in [-0.3, -0.25) is 14.9 Å². The second-order valence-electron chi connectivity index (χ2n) is 7.58. The molecule has 8 nitrogen and oxygen atoms in total. The smallest absolute Gasteiger partial charge is 0.340 e. The average molecular weight is 457 g/mol. The summed E-state index contributed by atoms with van der Waals surface area (Å²) in [6.45, 7) is 0.205. The minimum Gasteiger partial charge on any atom is -0.452 e. The predicted molar refractivity (Wildman–Crippen MR) is 109 cm³/mol. The molecule has 1 aliphatic carbocycles. The molecule has 1 saturated heterocycles. The molecule has 1 N–H and O–H groups in total. The summed E-state index contributed by atoms with van der Waals surface area (Å²) in [7, 11) is -3.73. The van der Waals surface area contributed by atoms with Crippen molar-refractivity contribution in [1.29, 1.82) is 0 Å². The molecule has 0 aromatic heterocycles. The summed E-state index contributed by atoms with van der Waals surface area (Å²) in [5.41, 5.74) is -0.150. The van der Waals surface area contributed by atoms with E-state index in [1.165, 1.54) is 16.4 Å². The zero-order chi connectivity index (χ0) is 21.7. The lowest BCUT2D eigenvalue weighted by atomic mass is 9.89. The van der Waals surface area contributed by atoms with Gasteiger partial charge in [0.05, 0.1) is 15.5 Å². The van der Waals surface area contributed by atoms with Crippen LogP contribution in [0.4, 0.5) is 0 Å². The van der Waals surface area contributed by atoms with Crippen LogP contribution < -0.4 is 5.32 Å². The number of nitrogens with zero attached hydrogens (tertiary/aromatic N) is 1. The van der Waals surface area contributed by atoms with E-state index in [0.29, 0.717) is 13.1 Å². The molecule has 30 heavy (non-hydrogen) atoms. The van der Waals surface area contributed by atoms with Crippen molar-refractivity contribution in [3.8, 4) is 0 Å². The van der Waals surface area contributed by atoms with Crippen molar-refractivity contribution >= 4 is 39.4 Å². The van der Waals surface area contributed by atoms with Gasteiger partial charge in [0.1, 0.15) is 0 Å². The lowest BCUT2D eigenvalue weighted by molar-refractivity contribution is -0.135. The molecular formula is C20H25ClN2O6S. The molecular weight excluding hydrogens is 432 g/mol. The Morgan fingerprint density at radius 2 is 1.73 bits per heavy atom. The number of benzene rings is 1. The van der Waals surface area contributed by atoms with Gasteiger partial charge in [0, 0.05) is 19.0 Å². The largest absolute Gasteiger partial charge is 0.452 e. The number of imide groups is 1. The molecule has 3 rings (SSSR count). The molecule has 164 valence electrons. The highest BCUT2D eigenvalue weighted by atomic mass is 35.5. The van der Waals surface area contributed by atoms with Crippen molar-refractivity contribution in [2.45, 2.75) is 49.8 Å². The Bertz CT molecular complexity index is 921. The second kappa shape index (κ2) is 9.89. The zero-order valence-electron chi connectivity index (χ0n) is 16.6. The third-order valence-corrected chi connectivity index (χ3v) is 7.66. The van der Waals surface area contributed by atoms with Crippen molar-refractivity contribution < 1.29 is 27.5 Å². The summed E-state index contributed by atoms with van der Waals surface area (Å²) in [6, 6.07) is 3.81. The third-order valence-electron chi connectivity index (χ3n) is 5.43. The average Bonchev–Trinajstić information content (AvgIpc) is 3.28. The van der Waals surface area contributed by atoms with Gasteiger partial charge in [-0.1, -0.05) is 30.9 Å². The number of rotatable bonds is 6. The molecule has 10 heteroatoms. The molecule has 2 aliphatic rings. The van der Waals surface area contributed by atoms with Gasteiger partial charge in [0.25, 0.3) is 5.91 Å². The van der Waals surface area contributed by atoms with Crippen LogP contribution in [0.25, 0.3) is 0 Å². The van der Waals surface area contributed by atoms with Crippen LogP contribution in [0.5, 0.6) is 0 Å². The van der Waals surface area contributed by atoms with Crippen molar-refractivity contribution in [3.63, 3.8) is 0 Å². The normalized spacial score (nSPS) is 18.2. The van der Waals surface area contributed by atoms with Crippen molar-refractivity contribution in [1.82, 2.24) is 9.62 Å². The van der Waals surface area contributed by atoms with Gasteiger partial charge in [0.15, 0.2) is 6.61 Å². The first-order valence-corrected chi connectivity index (χ1v) is 11.9. The van der Waals surface area contributed by atoms with E-state index < -0.39 is 28.5 Å². The van der Waals surface area contributed by atoms with E-state index in [2.05, 4.69) is 5.32 Å². The molecule has 2 fully saturated rings. The minimum atomic E-state index is -3.73. The molecule has 0 radical (unpaired) electrons. The predicted octanol–water partition coefficient (Wildman–Crippen LogP) is 2.50. The Kier molecular flexibility index (Phi) is 7.49. The van der Waals surface area contributed by atoms with Crippen LogP contribution in [0.3, 0.4) is 0 Å². The van der Waals surface area contributed by atoms with E-state index in [1.807, 2.05) is 0 Å². The number of sulfonamides is 1. The summed E-state index contributed by atoms with van der Waals surface area (Å²) < 4.78 is 31.7. The van der Waals surface area contributed by atoms with Crippen LogP contribution in [0.15, 0.2) is 23.1 Å². The van der Waals surface area contributed by atoms with Gasteiger partial charge in [-0.25, -0.2) is 13.2 Å². The Morgan fingerprint density at radius 3 is 2.40 bits per heavy atom. The van der Waals surface area contributed by atoms with Gasteiger partial charge in [0.2, 0.25) is 15.9 Å². The standard InChI is InChI=1S/C20H25ClN2O6S/c21-17-9-8-15(30(27,28)23-10-4-5-11-23)12-16(17)20(26)29-13-18(24)22-19(25)14-6-2-1-3-7-14/h8-9,12,14H,1-7,10-11,13H2,(H,22,24,25). The number of carbonyl (C=O) groups is 3. The Hall–Kier alpha value is -1.97. The highest BCUT2D eigenvalue weighted by Crippen LogP contribution is 2.26. The fourth-order valence-corrected chi connectivity index (χ4v) is 5.49. The molecule has 1 aromatic carbocycles. The molecule has 1 aliphatic heterocycles. The minimum absolute atomic E-state index is 0.0130. The quantitative estimate of drug-likeness (QED) is 0.658. The van der Waals surface area contributed by atoms with Crippen molar-refractivity contribution in [2.24, 2.45) is 5.92 Å². The summed E-state index contributed by atoms with van der Waals surface area (Å²) in [5.74, 6) is -2.21. The van der Waals surface area contributed by atoms with E-state index in [1.54, 1.807) is 0 Å². The number of nitrogens with one attached hydrogen (secondary N) is 1. The van der Waals surface area contributed by atoms with Crippen LogP contribution in [-0.4, -0.2) is 50.2 Å². The van der Waals surface area contributed by atoms with Crippen LogP contribution in [0.2, 0.25) is 5.02 Å². The molecule has 2 amide bonds. The number of esters is 1. The maximum Gasteiger partial charge on any atom is 0.340 e. The number of amides is 2. The van der Waals surface area contributed by atoms with E-state index >= 15 is 0 Å². The Balaban J connectivity index is 1.61. The van der Waals surface area contributed by atoms with E-state index in [0.717, 1.165) is 51.0 Å². The topological polar surface area (TPSA) is 110 Å². The molecule has 0 spiro atoms. The summed E-state index contributed by atoms with van der Waals surface area (Å²) >= 11 is 6.04. The number of hydrogen-bond acceptors (Lipinski definition) is 6. The first kappa shape index (κ1) is 22.7. The monoisotopic (exact) mass is 456 g/mol. The Morgan fingerprint density at radius 1 is 1.07 bits per heavy atom. The molecule has 1 heterocycles. The maximum absolute atomic E-state index is 12.7. The molecule has 1 aromatic rings. The summed E-state index contributed by atoms with van der Waals surface area (Å²) in [4.78, 5) is 36.4. The number of hydrogen-bond donors (Lipinski definition) is 1. The number of carbonyl (C=O) groups excluding carboxylic acids is 3. The lowest BCUT2D eigenvalue weighted by Gasteiger charge is -2.20. The molecule has 0 bridgehead atoms. The zero-order valence-corrected chi connectivity index (χ0v) is 18.1. The van der Waals surface area contributed by atoms with Crippen LogP contribution >= 0.6 is 11.6 Å². The van der Waals surface area contributed by atoms with Crippen molar-refractivity contribution in [2.75, 3.05) is 19.7 Å². The van der Waals surface area contributed by atoms with Gasteiger partial charge < -0.3 is 4.74 Å². The molecule has 0 atom stereocenters. The van der Waals surface area contributed by atoms with Crippen LogP contribution in [0.1, 0.15) is 55.3 Å². The molecule has 1 saturated carbocycles. The van der Waals surface area contributed by atoms with Gasteiger partial charge in [-0.05, 0) is 43.9 Å². The number of ether oxygens (including phenoxy) is 1. The highest BCUT2D eigenvalue weighted by Gasteiger charge is 2.29. The van der Waals surface area contributed by atoms with E-state index in [9.17, 15) is 22.8 Å². The fourth-order valence-electron chi connectivity index (χ4n) is 3.75. The summed E-state index contributed by atoms with van der Waals surface area (Å²) in [5, 5.41) is 2.27. The third kappa shape index (κ3) is 5.39.